The Morgan fingerprint density at radius 2 is 1.51 bits per heavy atom. The molecule has 2 unspecified atom stereocenters. The van der Waals surface area contributed by atoms with E-state index < -0.39 is 17.7 Å². The number of aromatic nitrogens is 2. The van der Waals surface area contributed by atoms with Gasteiger partial charge in [0.25, 0.3) is 5.92 Å². The van der Waals surface area contributed by atoms with E-state index in [0.717, 1.165) is 36.5 Å². The summed E-state index contributed by atoms with van der Waals surface area (Å²) in [6, 6.07) is 21.3. The van der Waals surface area contributed by atoms with Gasteiger partial charge in [0.05, 0.1) is 5.69 Å². The molecular weight excluding hydrogens is 655 g/mol. The number of nitrogens with zero attached hydrogens (tertiary/aromatic N) is 3. The van der Waals surface area contributed by atoms with Crippen LogP contribution in [0.25, 0.3) is 11.4 Å². The molecule has 0 N–H and O–H groups in total. The maximum atomic E-state index is 15.1. The Morgan fingerprint density at radius 3 is 2.13 bits per heavy atom. The van der Waals surface area contributed by atoms with Crippen LogP contribution in [-0.2, 0) is 32.1 Å². The number of hydrogen-bond acceptors (Lipinski definition) is 5. The minimum absolute atomic E-state index is 0.0501. The monoisotopic (exact) mass is 695 g/mol. The van der Waals surface area contributed by atoms with E-state index >= 15 is 8.78 Å². The Hall–Kier alpha value is -3.26. The summed E-state index contributed by atoms with van der Waals surface area (Å²) in [6.45, 7) is 3.07. The highest BCUT2D eigenvalue weighted by Gasteiger charge is 2.35. The lowest BCUT2D eigenvalue weighted by molar-refractivity contribution is -0.0498. The molecule has 0 aliphatic carbocycles. The van der Waals surface area contributed by atoms with Crippen molar-refractivity contribution in [3.8, 4) is 28.6 Å². The third-order valence-corrected chi connectivity index (χ3v) is 7.03. The van der Waals surface area contributed by atoms with Crippen LogP contribution in [-0.4, -0.2) is 33.0 Å². The van der Waals surface area contributed by atoms with Crippen molar-refractivity contribution in [1.82, 2.24) is 14.5 Å². The fourth-order valence-corrected chi connectivity index (χ4v) is 5.07. The number of unbranched alkanes of at least 4 members (excludes halogenated alkanes) is 1. The van der Waals surface area contributed by atoms with Crippen molar-refractivity contribution in [3.05, 3.63) is 95.3 Å². The lowest BCUT2D eigenvalue weighted by Crippen LogP contribution is -2.26. The average Bonchev–Trinajstić information content (AvgIpc) is 3.61. The number of rotatable bonds is 13. The van der Waals surface area contributed by atoms with E-state index in [0.29, 0.717) is 42.7 Å². The summed E-state index contributed by atoms with van der Waals surface area (Å²) in [5.74, 6) is -1.34. The maximum absolute atomic E-state index is 15.1. The maximum Gasteiger partial charge on any atom is 0.387 e. The van der Waals surface area contributed by atoms with Crippen molar-refractivity contribution in [2.45, 2.75) is 77.5 Å². The van der Waals surface area contributed by atoms with Crippen LogP contribution in [0.4, 0.5) is 22.0 Å². The van der Waals surface area contributed by atoms with Gasteiger partial charge in [-0.1, -0.05) is 80.4 Å². The molecule has 0 radical (unpaired) electrons. The molecule has 1 aromatic heterocycles. The summed E-state index contributed by atoms with van der Waals surface area (Å²) in [6.07, 6.45) is 1.68. The molecule has 2 heterocycles. The van der Waals surface area contributed by atoms with Gasteiger partial charge in [-0.15, -0.1) is 0 Å². The predicted octanol–water partition coefficient (Wildman–Crippen LogP) is 9.37. The largest absolute Gasteiger partial charge is 0.454 e. The van der Waals surface area contributed by atoms with Gasteiger partial charge in [0.2, 0.25) is 6.79 Å². The Kier molecular flexibility index (Phi) is 12.6. The fourth-order valence-electron chi connectivity index (χ4n) is 5.07. The van der Waals surface area contributed by atoms with E-state index in [1.807, 2.05) is 76.5 Å². The number of ether oxygens (including phenoxy) is 3. The van der Waals surface area contributed by atoms with Crippen molar-refractivity contribution in [3.63, 3.8) is 0 Å². The molecule has 254 valence electrons. The van der Waals surface area contributed by atoms with Gasteiger partial charge >= 0.3 is 6.61 Å². The van der Waals surface area contributed by atoms with Crippen molar-refractivity contribution >= 4 is 18.5 Å². The van der Waals surface area contributed by atoms with E-state index in [4.69, 9.17) is 9.47 Å². The van der Waals surface area contributed by atoms with Gasteiger partial charge in [0, 0.05) is 38.7 Å². The summed E-state index contributed by atoms with van der Waals surface area (Å²) >= 11 is 0. The van der Waals surface area contributed by atoms with Crippen molar-refractivity contribution < 1.29 is 36.2 Å². The molecular formula is C34H40F5N3O3P2. The fraction of sp³-hybridized carbons (Fsp3) is 0.382. The van der Waals surface area contributed by atoms with Crippen LogP contribution in [0, 0.1) is 0 Å². The number of fused-ring (bicyclic) bond motifs is 1. The van der Waals surface area contributed by atoms with Crippen LogP contribution >= 0.6 is 18.5 Å². The summed E-state index contributed by atoms with van der Waals surface area (Å²) in [5, 5.41) is -1.17. The first-order chi connectivity index (χ1) is 22.2. The summed E-state index contributed by atoms with van der Waals surface area (Å²) in [5.41, 5.74) is 2.67. The summed E-state index contributed by atoms with van der Waals surface area (Å²) in [7, 11) is 4.02. The molecule has 47 heavy (non-hydrogen) atoms. The van der Waals surface area contributed by atoms with Gasteiger partial charge in [0.15, 0.2) is 11.5 Å². The SMILES string of the molecule is CC(F)(P)P.CCCCn1c(-c2ccccc2)nc(C(C)(F)F)c1CN(Cc1ccc(OC(F)F)cc1)Cc1ccc2c(c1)OCO2. The van der Waals surface area contributed by atoms with Crippen molar-refractivity contribution in [2.75, 3.05) is 6.79 Å². The highest BCUT2D eigenvalue weighted by Crippen LogP contribution is 2.36. The standard InChI is InChI=1S/C32H33F4N3O3.C2H7FP2/c1-3-4-16-39-26(29(32(2,35)36)37-30(39)24-8-6-5-7-9-24)20-38(18-22-10-13-25(14-11-22)42-31(33)34)19-23-12-15-27-28(17-23)41-21-40-27;1-2(3,4)5/h5-15,17,31H,3-4,16,18-21H2,1-2H3;4-5H2,1H3. The summed E-state index contributed by atoms with van der Waals surface area (Å²) in [4.78, 5) is 6.55. The Morgan fingerprint density at radius 1 is 0.894 bits per heavy atom. The van der Waals surface area contributed by atoms with Crippen LogP contribution < -0.4 is 14.2 Å². The molecule has 0 spiro atoms. The molecule has 4 aromatic rings. The van der Waals surface area contributed by atoms with Crippen LogP contribution in [0.3, 0.4) is 0 Å². The molecule has 0 fully saturated rings. The first-order valence-corrected chi connectivity index (χ1v) is 16.3. The Bertz CT molecular complexity index is 1570. The van der Waals surface area contributed by atoms with Crippen molar-refractivity contribution in [2.24, 2.45) is 0 Å². The first-order valence-electron chi connectivity index (χ1n) is 15.2. The minimum atomic E-state index is -3.17. The van der Waals surface area contributed by atoms with Crippen LogP contribution in [0.15, 0.2) is 72.8 Å². The summed E-state index contributed by atoms with van der Waals surface area (Å²) < 4.78 is 84.7. The second-order valence-electron chi connectivity index (χ2n) is 11.5. The minimum Gasteiger partial charge on any atom is -0.454 e. The average molecular weight is 696 g/mol. The van der Waals surface area contributed by atoms with E-state index in [9.17, 15) is 13.2 Å². The molecule has 0 saturated carbocycles. The number of benzene rings is 3. The van der Waals surface area contributed by atoms with Gasteiger partial charge in [-0.2, -0.15) is 17.6 Å². The number of hydrogen-bond donors (Lipinski definition) is 0. The highest BCUT2D eigenvalue weighted by molar-refractivity contribution is 7.39. The quantitative estimate of drug-likeness (QED) is 0.103. The Labute approximate surface area is 277 Å². The van der Waals surface area contributed by atoms with Crippen LogP contribution in [0.1, 0.15) is 56.1 Å². The van der Waals surface area contributed by atoms with E-state index in [1.54, 1.807) is 12.1 Å². The van der Waals surface area contributed by atoms with Gasteiger partial charge < -0.3 is 18.8 Å². The first kappa shape index (κ1) is 36.6. The molecule has 13 heteroatoms. The lowest BCUT2D eigenvalue weighted by Gasteiger charge is -2.25. The lowest BCUT2D eigenvalue weighted by atomic mass is 10.1. The Balaban J connectivity index is 0.000000930. The topological polar surface area (TPSA) is 48.8 Å². The van der Waals surface area contributed by atoms with E-state index in [2.05, 4.69) is 16.6 Å². The molecule has 5 rings (SSSR count). The van der Waals surface area contributed by atoms with Crippen LogP contribution in [0.5, 0.6) is 17.2 Å². The zero-order chi connectivity index (χ0) is 34.2. The van der Waals surface area contributed by atoms with Crippen molar-refractivity contribution in [1.29, 1.82) is 0 Å². The molecule has 0 bridgehead atoms. The number of alkyl halides is 5. The second kappa shape index (κ2) is 16.2. The molecule has 6 nitrogen and oxygen atoms in total. The molecule has 1 aliphatic heterocycles. The third-order valence-electron chi connectivity index (χ3n) is 7.03. The molecule has 3 aromatic carbocycles. The highest BCUT2D eigenvalue weighted by atomic mass is 31.1. The predicted molar refractivity (Wildman–Crippen MR) is 180 cm³/mol. The second-order valence-corrected chi connectivity index (χ2v) is 14.4. The van der Waals surface area contributed by atoms with E-state index in [1.165, 1.54) is 19.1 Å². The molecule has 2 atom stereocenters. The van der Waals surface area contributed by atoms with Gasteiger partial charge in [-0.05, 0) is 48.7 Å². The third kappa shape index (κ3) is 11.2. The van der Waals surface area contributed by atoms with Gasteiger partial charge in [-0.25, -0.2) is 9.37 Å². The zero-order valence-electron chi connectivity index (χ0n) is 26.6. The molecule has 1 aliphatic rings. The zero-order valence-corrected chi connectivity index (χ0v) is 28.9. The van der Waals surface area contributed by atoms with Gasteiger partial charge in [0.1, 0.15) is 22.4 Å². The molecule has 0 saturated heterocycles. The van der Waals surface area contributed by atoms with E-state index in [-0.39, 0.29) is 24.8 Å². The number of imidazole rings is 1. The smallest absolute Gasteiger partial charge is 0.387 e. The normalized spacial score (nSPS) is 12.8. The number of halogens is 5. The van der Waals surface area contributed by atoms with Gasteiger partial charge in [-0.3, -0.25) is 4.90 Å². The molecule has 0 amide bonds. The van der Waals surface area contributed by atoms with Crippen LogP contribution in [0.2, 0.25) is 0 Å².